The van der Waals surface area contributed by atoms with Crippen LogP contribution in [-0.2, 0) is 0 Å². The van der Waals surface area contributed by atoms with E-state index in [0.29, 0.717) is 0 Å². The second-order valence-electron chi connectivity index (χ2n) is 4.67. The highest BCUT2D eigenvalue weighted by Gasteiger charge is 2.93. The van der Waals surface area contributed by atoms with Crippen molar-refractivity contribution in [2.75, 3.05) is 6.67 Å². The van der Waals surface area contributed by atoms with Gasteiger partial charge < -0.3 is 5.11 Å². The lowest BCUT2D eigenvalue weighted by Crippen LogP contribution is -2.74. The van der Waals surface area contributed by atoms with Gasteiger partial charge in [-0.2, -0.15) is 61.5 Å². The van der Waals surface area contributed by atoms with E-state index < -0.39 is 54.5 Å². The predicted octanol–water partition coefficient (Wildman–Crippen LogP) is 4.69. The molecule has 0 radical (unpaired) electrons. The molecular formula is C9H4F16O. The Morgan fingerprint density at radius 2 is 0.808 bits per heavy atom. The summed E-state index contributed by atoms with van der Waals surface area (Å²) in [7, 11) is 0. The minimum Gasteiger partial charge on any atom is -0.359 e. The third-order valence-corrected chi connectivity index (χ3v) is 2.92. The second kappa shape index (κ2) is 6.19. The van der Waals surface area contributed by atoms with Gasteiger partial charge in [-0.25, -0.2) is 8.78 Å². The Kier molecular flexibility index (Phi) is 5.91. The zero-order valence-electron chi connectivity index (χ0n) is 11.3. The average molecular weight is 432 g/mol. The number of halogens is 16. The Bertz CT molecular complexity index is 508. The van der Waals surface area contributed by atoms with E-state index in [2.05, 4.69) is 0 Å². The molecule has 0 amide bonds. The van der Waals surface area contributed by atoms with Gasteiger partial charge in [-0.1, -0.05) is 0 Å². The first kappa shape index (κ1) is 24.8. The fourth-order valence-corrected chi connectivity index (χ4v) is 1.26. The van der Waals surface area contributed by atoms with Crippen LogP contribution >= 0.6 is 0 Å². The summed E-state index contributed by atoms with van der Waals surface area (Å²) in [5.74, 6) is -54.9. The molecule has 158 valence electrons. The van der Waals surface area contributed by atoms with Crippen molar-refractivity contribution in [2.45, 2.75) is 47.8 Å². The summed E-state index contributed by atoms with van der Waals surface area (Å²) in [5.41, 5.74) is 0. The molecule has 1 nitrogen and oxygen atoms in total. The molecule has 0 aliphatic rings. The maximum atomic E-state index is 13.0. The highest BCUT2D eigenvalue weighted by molar-refractivity contribution is 5.14. The van der Waals surface area contributed by atoms with E-state index in [1.54, 1.807) is 0 Å². The van der Waals surface area contributed by atoms with Crippen LogP contribution in [0.2, 0.25) is 0 Å². The summed E-state index contributed by atoms with van der Waals surface area (Å²) in [5, 5.41) is 7.59. The van der Waals surface area contributed by atoms with E-state index in [-0.39, 0.29) is 0 Å². The van der Waals surface area contributed by atoms with Gasteiger partial charge in [0.25, 0.3) is 6.36 Å². The average Bonchev–Trinajstić information content (AvgIpc) is 2.45. The van der Waals surface area contributed by atoms with Gasteiger partial charge in [0.15, 0.2) is 6.67 Å². The standard InChI is InChI=1S/C9H4F16O/c10-1-3(12,13)5(16,17)7(20,21)9(24,25)8(22,23)6(18,19)4(14,15)2(11)26/h2,26H,1H2. The molecule has 0 aromatic heterocycles. The summed E-state index contributed by atoms with van der Waals surface area (Å²) in [6.07, 6.45) is -5.39. The molecule has 0 saturated carbocycles. The zero-order chi connectivity index (χ0) is 21.8. The van der Waals surface area contributed by atoms with Gasteiger partial charge in [0.05, 0.1) is 0 Å². The topological polar surface area (TPSA) is 20.2 Å². The summed E-state index contributed by atoms with van der Waals surface area (Å²) in [4.78, 5) is 0. The Morgan fingerprint density at radius 1 is 0.538 bits per heavy atom. The van der Waals surface area contributed by atoms with Gasteiger partial charge in [-0.15, -0.1) is 0 Å². The Morgan fingerprint density at radius 3 is 1.08 bits per heavy atom. The summed E-state index contributed by atoms with van der Waals surface area (Å²) < 4.78 is 202. The SMILES string of the molecule is OC(F)C(F)(F)C(F)(F)C(F)(F)C(F)(F)C(F)(F)C(F)(F)C(F)(F)CF. The molecule has 0 saturated heterocycles. The van der Waals surface area contributed by atoms with E-state index in [9.17, 15) is 70.2 Å². The van der Waals surface area contributed by atoms with Crippen LogP contribution in [-0.4, -0.2) is 59.6 Å². The van der Waals surface area contributed by atoms with Crippen molar-refractivity contribution >= 4 is 0 Å². The lowest BCUT2D eigenvalue weighted by atomic mass is 9.89. The molecule has 0 aromatic rings. The minimum absolute atomic E-state index is 3.87. The summed E-state index contributed by atoms with van der Waals surface area (Å²) >= 11 is 0. The number of aliphatic hydroxyl groups is 1. The van der Waals surface area contributed by atoms with Crippen LogP contribution < -0.4 is 0 Å². The van der Waals surface area contributed by atoms with Crippen LogP contribution in [0, 0.1) is 0 Å². The first-order chi connectivity index (χ1) is 11.0. The van der Waals surface area contributed by atoms with Crippen LogP contribution in [0.3, 0.4) is 0 Å². The normalized spacial score (nSPS) is 17.4. The van der Waals surface area contributed by atoms with Crippen molar-refractivity contribution in [3.63, 3.8) is 0 Å². The quantitative estimate of drug-likeness (QED) is 0.552. The Balaban J connectivity index is 6.54. The predicted molar refractivity (Wildman–Crippen MR) is 47.7 cm³/mol. The van der Waals surface area contributed by atoms with E-state index in [4.69, 9.17) is 5.11 Å². The molecule has 1 atom stereocenters. The molecule has 0 bridgehead atoms. The molecule has 17 heteroatoms. The van der Waals surface area contributed by atoms with Crippen molar-refractivity contribution in [1.29, 1.82) is 0 Å². The number of alkyl halides is 16. The molecular weight excluding hydrogens is 428 g/mol. The monoisotopic (exact) mass is 432 g/mol. The Labute approximate surface area is 131 Å². The van der Waals surface area contributed by atoms with E-state index >= 15 is 0 Å². The van der Waals surface area contributed by atoms with Crippen LogP contribution in [0.25, 0.3) is 0 Å². The molecule has 26 heavy (non-hydrogen) atoms. The summed E-state index contributed by atoms with van der Waals surface area (Å²) in [6.45, 7) is -3.87. The second-order valence-corrected chi connectivity index (χ2v) is 4.67. The molecule has 0 spiro atoms. The van der Waals surface area contributed by atoms with Crippen molar-refractivity contribution in [3.05, 3.63) is 0 Å². The van der Waals surface area contributed by atoms with Crippen LogP contribution in [0.4, 0.5) is 70.2 Å². The van der Waals surface area contributed by atoms with Gasteiger partial charge in [-0.3, -0.25) is 0 Å². The number of rotatable bonds is 8. The van der Waals surface area contributed by atoms with Crippen LogP contribution in [0.1, 0.15) is 0 Å². The van der Waals surface area contributed by atoms with E-state index in [1.165, 1.54) is 0 Å². The largest absolute Gasteiger partial charge is 0.384 e. The number of aliphatic hydroxyl groups excluding tert-OH is 1. The molecule has 1 N–H and O–H groups in total. The van der Waals surface area contributed by atoms with Gasteiger partial charge in [0, 0.05) is 0 Å². The van der Waals surface area contributed by atoms with Crippen molar-refractivity contribution in [1.82, 2.24) is 0 Å². The molecule has 1 unspecified atom stereocenters. The number of hydrogen-bond acceptors (Lipinski definition) is 1. The fraction of sp³-hybridized carbons (Fsp3) is 1.00. The first-order valence-corrected chi connectivity index (χ1v) is 5.53. The maximum Gasteiger partial charge on any atom is 0.384 e. The molecule has 0 aromatic carbocycles. The fourth-order valence-electron chi connectivity index (χ4n) is 1.26. The van der Waals surface area contributed by atoms with Gasteiger partial charge >= 0.3 is 41.5 Å². The van der Waals surface area contributed by atoms with Crippen molar-refractivity contribution < 1.29 is 75.4 Å². The van der Waals surface area contributed by atoms with Gasteiger partial charge in [-0.05, 0) is 0 Å². The third-order valence-electron chi connectivity index (χ3n) is 2.92. The van der Waals surface area contributed by atoms with Gasteiger partial charge in [0.1, 0.15) is 0 Å². The van der Waals surface area contributed by atoms with E-state index in [0.717, 1.165) is 0 Å². The summed E-state index contributed by atoms with van der Waals surface area (Å²) in [6, 6.07) is 0. The lowest BCUT2D eigenvalue weighted by Gasteiger charge is -2.42. The minimum atomic E-state index is -8.41. The third kappa shape index (κ3) is 2.85. The van der Waals surface area contributed by atoms with Crippen LogP contribution in [0.5, 0.6) is 0 Å². The van der Waals surface area contributed by atoms with Crippen molar-refractivity contribution in [2.24, 2.45) is 0 Å². The molecule has 0 fully saturated rings. The van der Waals surface area contributed by atoms with E-state index in [1.807, 2.05) is 0 Å². The lowest BCUT2D eigenvalue weighted by molar-refractivity contribution is -0.449. The highest BCUT2D eigenvalue weighted by Crippen LogP contribution is 2.62. The van der Waals surface area contributed by atoms with Gasteiger partial charge in [0.2, 0.25) is 0 Å². The highest BCUT2D eigenvalue weighted by atomic mass is 19.4. The molecule has 0 rings (SSSR count). The van der Waals surface area contributed by atoms with Crippen LogP contribution in [0.15, 0.2) is 0 Å². The smallest absolute Gasteiger partial charge is 0.359 e. The van der Waals surface area contributed by atoms with Crippen molar-refractivity contribution in [3.8, 4) is 0 Å². The molecule has 0 aliphatic carbocycles. The maximum absolute atomic E-state index is 13.0. The molecule has 0 heterocycles. The molecule has 0 aliphatic heterocycles. The number of hydrogen-bond donors (Lipinski definition) is 1. The zero-order valence-corrected chi connectivity index (χ0v) is 11.3. The Hall–Kier alpha value is -1.16. The first-order valence-electron chi connectivity index (χ1n) is 5.53.